The van der Waals surface area contributed by atoms with Gasteiger partial charge in [-0.1, -0.05) is 69.3 Å². The number of benzene rings is 2. The van der Waals surface area contributed by atoms with Crippen LogP contribution in [0.5, 0.6) is 0 Å². The highest BCUT2D eigenvalue weighted by Crippen LogP contribution is 2.42. The lowest BCUT2D eigenvalue weighted by Crippen LogP contribution is -2.27. The highest BCUT2D eigenvalue weighted by atomic mass is 14.7. The first kappa shape index (κ1) is 15.4. The summed E-state index contributed by atoms with van der Waals surface area (Å²) < 4.78 is 0. The summed E-state index contributed by atoms with van der Waals surface area (Å²) in [7, 11) is 0. The molecule has 0 unspecified atom stereocenters. The number of aryl methyl sites for hydroxylation is 1. The summed E-state index contributed by atoms with van der Waals surface area (Å²) in [5, 5.41) is 1.29. The van der Waals surface area contributed by atoms with Crippen molar-refractivity contribution in [2.75, 3.05) is 0 Å². The number of para-hydroxylation sites is 1. The van der Waals surface area contributed by atoms with Crippen molar-refractivity contribution in [3.63, 3.8) is 0 Å². The van der Waals surface area contributed by atoms with Crippen LogP contribution in [0.25, 0.3) is 22.0 Å². The van der Waals surface area contributed by atoms with Gasteiger partial charge in [-0.05, 0) is 53.4 Å². The predicted octanol–water partition coefficient (Wildman–Crippen LogP) is 6.05. The monoisotopic (exact) mass is 315 g/mol. The normalized spacial score (nSPS) is 17.7. The second-order valence-electron chi connectivity index (χ2n) is 8.10. The molecular formula is C23H25N. The quantitative estimate of drug-likeness (QED) is 0.532. The molecular weight excluding hydrogens is 290 g/mol. The summed E-state index contributed by atoms with van der Waals surface area (Å²) in [6.45, 7) is 7.12. The zero-order chi connectivity index (χ0) is 16.7. The highest BCUT2D eigenvalue weighted by molar-refractivity contribution is 5.96. The van der Waals surface area contributed by atoms with Crippen molar-refractivity contribution in [2.45, 2.75) is 40.0 Å². The van der Waals surface area contributed by atoms with Gasteiger partial charge in [-0.3, -0.25) is 4.98 Å². The molecule has 1 nitrogen and oxygen atoms in total. The molecule has 3 aromatic rings. The van der Waals surface area contributed by atoms with Crippen molar-refractivity contribution in [3.05, 3.63) is 65.9 Å². The Hall–Kier alpha value is -2.15. The minimum Gasteiger partial charge on any atom is -0.253 e. The molecule has 0 saturated carbocycles. The van der Waals surface area contributed by atoms with Gasteiger partial charge in [0.25, 0.3) is 0 Å². The van der Waals surface area contributed by atoms with E-state index in [1.807, 2.05) is 0 Å². The fourth-order valence-corrected chi connectivity index (χ4v) is 4.06. The van der Waals surface area contributed by atoms with Crippen LogP contribution < -0.4 is 0 Å². The van der Waals surface area contributed by atoms with Crippen LogP contribution in [0, 0.1) is 11.3 Å². The number of aromatic nitrogens is 1. The number of rotatable bonds is 1. The molecule has 1 heterocycles. The molecule has 1 aromatic heterocycles. The van der Waals surface area contributed by atoms with Crippen molar-refractivity contribution >= 4 is 10.9 Å². The maximum absolute atomic E-state index is 5.02. The molecule has 1 heteroatoms. The Morgan fingerprint density at radius 1 is 0.917 bits per heavy atom. The van der Waals surface area contributed by atoms with Crippen LogP contribution in [0.3, 0.4) is 0 Å². The Bertz CT molecular complexity index is 872. The van der Waals surface area contributed by atoms with Crippen molar-refractivity contribution in [2.24, 2.45) is 11.3 Å². The lowest BCUT2D eigenvalue weighted by Gasteiger charge is -2.35. The summed E-state index contributed by atoms with van der Waals surface area (Å²) >= 11 is 0. The molecule has 0 spiro atoms. The van der Waals surface area contributed by atoms with Crippen LogP contribution in [0.4, 0.5) is 0 Å². The lowest BCUT2D eigenvalue weighted by molar-refractivity contribution is 0.215. The molecule has 122 valence electrons. The van der Waals surface area contributed by atoms with Crippen molar-refractivity contribution in [1.82, 2.24) is 4.98 Å². The van der Waals surface area contributed by atoms with Crippen LogP contribution in [-0.2, 0) is 12.8 Å². The second-order valence-corrected chi connectivity index (χ2v) is 8.10. The van der Waals surface area contributed by atoms with Gasteiger partial charge in [0.2, 0.25) is 0 Å². The first-order chi connectivity index (χ1) is 11.5. The van der Waals surface area contributed by atoms with E-state index in [-0.39, 0.29) is 0 Å². The molecule has 1 atom stereocenters. The maximum atomic E-state index is 5.02. The molecule has 0 radical (unpaired) electrons. The molecule has 1 aliphatic carbocycles. The summed E-state index contributed by atoms with van der Waals surface area (Å²) in [5.74, 6) is 0.718. The zero-order valence-corrected chi connectivity index (χ0v) is 14.8. The molecule has 0 N–H and O–H groups in total. The van der Waals surface area contributed by atoms with Gasteiger partial charge in [-0.2, -0.15) is 0 Å². The highest BCUT2D eigenvalue weighted by Gasteiger charge is 2.31. The van der Waals surface area contributed by atoms with E-state index < -0.39 is 0 Å². The Morgan fingerprint density at radius 2 is 1.62 bits per heavy atom. The second kappa shape index (κ2) is 5.73. The van der Waals surface area contributed by atoms with Crippen LogP contribution >= 0.6 is 0 Å². The molecule has 0 aliphatic heterocycles. The van der Waals surface area contributed by atoms with Crippen molar-refractivity contribution < 1.29 is 0 Å². The third-order valence-corrected chi connectivity index (χ3v) is 5.55. The van der Waals surface area contributed by atoms with Crippen LogP contribution in [-0.4, -0.2) is 4.98 Å². The predicted molar refractivity (Wildman–Crippen MR) is 102 cm³/mol. The molecule has 0 fully saturated rings. The minimum absolute atomic E-state index is 0.345. The van der Waals surface area contributed by atoms with Gasteiger partial charge in [0.15, 0.2) is 0 Å². The summed E-state index contributed by atoms with van der Waals surface area (Å²) in [6.07, 6.45) is 3.49. The van der Waals surface area contributed by atoms with E-state index in [0.717, 1.165) is 24.3 Å². The first-order valence-corrected chi connectivity index (χ1v) is 9.00. The molecule has 1 aliphatic rings. The first-order valence-electron chi connectivity index (χ1n) is 9.00. The van der Waals surface area contributed by atoms with E-state index in [2.05, 4.69) is 75.4 Å². The standard InChI is InChI=1S/C23H25N/c1-23(2,3)17-13-14-21-19(15-17)22(16-9-5-4-6-10-16)18-11-7-8-12-20(18)24-21/h4-12,17H,13-15H2,1-3H3/t17-/m0/s1. The van der Waals surface area contributed by atoms with Gasteiger partial charge in [0, 0.05) is 11.1 Å². The third kappa shape index (κ3) is 2.62. The number of hydrogen-bond donors (Lipinski definition) is 0. The van der Waals surface area contributed by atoms with Crippen LogP contribution in [0.2, 0.25) is 0 Å². The van der Waals surface area contributed by atoms with Gasteiger partial charge >= 0.3 is 0 Å². The molecule has 24 heavy (non-hydrogen) atoms. The van der Waals surface area contributed by atoms with E-state index >= 15 is 0 Å². The molecule has 0 amide bonds. The Kier molecular flexibility index (Phi) is 3.68. The molecule has 2 aromatic carbocycles. The fourth-order valence-electron chi connectivity index (χ4n) is 4.06. The largest absolute Gasteiger partial charge is 0.253 e. The number of hydrogen-bond acceptors (Lipinski definition) is 1. The van der Waals surface area contributed by atoms with Gasteiger partial charge in [-0.25, -0.2) is 0 Å². The zero-order valence-electron chi connectivity index (χ0n) is 14.8. The van der Waals surface area contributed by atoms with Gasteiger partial charge in [-0.15, -0.1) is 0 Å². The minimum atomic E-state index is 0.345. The third-order valence-electron chi connectivity index (χ3n) is 5.55. The van der Waals surface area contributed by atoms with E-state index in [0.29, 0.717) is 5.41 Å². The van der Waals surface area contributed by atoms with Crippen molar-refractivity contribution in [1.29, 1.82) is 0 Å². The lowest BCUT2D eigenvalue weighted by atomic mass is 9.70. The Morgan fingerprint density at radius 3 is 2.38 bits per heavy atom. The topological polar surface area (TPSA) is 12.9 Å². The average molecular weight is 315 g/mol. The molecule has 4 rings (SSSR count). The van der Waals surface area contributed by atoms with Crippen molar-refractivity contribution in [3.8, 4) is 11.1 Å². The maximum Gasteiger partial charge on any atom is 0.0711 e. The summed E-state index contributed by atoms with van der Waals surface area (Å²) in [4.78, 5) is 5.02. The van der Waals surface area contributed by atoms with Crippen LogP contribution in [0.1, 0.15) is 38.4 Å². The van der Waals surface area contributed by atoms with Crippen LogP contribution in [0.15, 0.2) is 54.6 Å². The Labute approximate surface area is 144 Å². The number of pyridine rings is 1. The Balaban J connectivity index is 1.98. The van der Waals surface area contributed by atoms with E-state index in [4.69, 9.17) is 4.98 Å². The number of nitrogens with zero attached hydrogens (tertiary/aromatic N) is 1. The smallest absolute Gasteiger partial charge is 0.0711 e. The van der Waals surface area contributed by atoms with Gasteiger partial charge in [0.1, 0.15) is 0 Å². The fraction of sp³-hybridized carbons (Fsp3) is 0.348. The number of fused-ring (bicyclic) bond motifs is 2. The average Bonchev–Trinajstić information content (AvgIpc) is 2.59. The summed E-state index contributed by atoms with van der Waals surface area (Å²) in [6, 6.07) is 19.5. The summed E-state index contributed by atoms with van der Waals surface area (Å²) in [5.41, 5.74) is 6.99. The van der Waals surface area contributed by atoms with E-state index in [9.17, 15) is 0 Å². The molecule has 0 bridgehead atoms. The molecule has 0 saturated heterocycles. The SMILES string of the molecule is CC(C)(C)[C@H]1CCc2nc3ccccc3c(-c3ccccc3)c2C1. The van der Waals surface area contributed by atoms with E-state index in [1.54, 1.807) is 0 Å². The van der Waals surface area contributed by atoms with Gasteiger partial charge < -0.3 is 0 Å². The van der Waals surface area contributed by atoms with E-state index in [1.165, 1.54) is 34.2 Å². The van der Waals surface area contributed by atoms with Gasteiger partial charge in [0.05, 0.1) is 5.52 Å².